The van der Waals surface area contributed by atoms with E-state index in [1.165, 1.54) is 82.7 Å². The first-order chi connectivity index (χ1) is 25.8. The minimum Gasteiger partial charge on any atom is -0.456 e. The zero-order valence-electron chi connectivity index (χ0n) is 28.2. The highest BCUT2D eigenvalue weighted by Crippen LogP contribution is 2.64. The second-order valence-electron chi connectivity index (χ2n) is 14.4. The van der Waals surface area contributed by atoms with Gasteiger partial charge in [-0.15, -0.1) is 0 Å². The molecule has 0 unspecified atom stereocenters. The molecule has 1 heterocycles. The Kier molecular flexibility index (Phi) is 5.49. The van der Waals surface area contributed by atoms with Gasteiger partial charge in [0.05, 0.1) is 5.41 Å². The second kappa shape index (κ2) is 10.2. The Bertz CT molecular complexity index is 3080. The van der Waals surface area contributed by atoms with Gasteiger partial charge in [-0.3, -0.25) is 0 Å². The Balaban J connectivity index is 1.09. The zero-order chi connectivity index (χ0) is 34.0. The summed E-state index contributed by atoms with van der Waals surface area (Å²) in [6.45, 7) is 0. The molecule has 10 aromatic rings. The summed E-state index contributed by atoms with van der Waals surface area (Å²) in [6, 6.07) is 67.4. The maximum Gasteiger partial charge on any atom is 0.136 e. The molecule has 0 atom stereocenters. The SMILES string of the molecule is c1ccc(-c2ccc3c(c2)C2(c4ccccc4-c4ccccc42)c2c-3ccc3cc(-c4ccc5c(c4)oc4cc6ccccc6cc45)ccc23)cc1. The van der Waals surface area contributed by atoms with Crippen molar-refractivity contribution in [2.75, 3.05) is 0 Å². The van der Waals surface area contributed by atoms with Crippen molar-refractivity contribution in [1.29, 1.82) is 0 Å². The maximum absolute atomic E-state index is 6.48. The molecule has 0 bridgehead atoms. The van der Waals surface area contributed by atoms with E-state index in [1.54, 1.807) is 0 Å². The molecule has 0 saturated heterocycles. The monoisotopic (exact) mass is 658 g/mol. The van der Waals surface area contributed by atoms with Gasteiger partial charge in [-0.2, -0.15) is 0 Å². The van der Waals surface area contributed by atoms with Gasteiger partial charge in [-0.05, 0) is 125 Å². The summed E-state index contributed by atoms with van der Waals surface area (Å²) in [5.41, 5.74) is 17.0. The topological polar surface area (TPSA) is 13.1 Å². The second-order valence-corrected chi connectivity index (χ2v) is 14.4. The third kappa shape index (κ3) is 3.62. The number of hydrogen-bond donors (Lipinski definition) is 0. The van der Waals surface area contributed by atoms with Crippen molar-refractivity contribution >= 4 is 43.5 Å². The molecule has 9 aromatic carbocycles. The van der Waals surface area contributed by atoms with Crippen LogP contribution in [0.1, 0.15) is 22.3 Å². The van der Waals surface area contributed by atoms with Gasteiger partial charge in [0.25, 0.3) is 0 Å². The van der Waals surface area contributed by atoms with Gasteiger partial charge in [-0.1, -0.05) is 146 Å². The van der Waals surface area contributed by atoms with Gasteiger partial charge in [-0.25, -0.2) is 0 Å². The quantitative estimate of drug-likeness (QED) is 0.180. The van der Waals surface area contributed by atoms with Crippen LogP contribution in [0.5, 0.6) is 0 Å². The van der Waals surface area contributed by atoms with Crippen molar-refractivity contribution in [3.63, 3.8) is 0 Å². The number of hydrogen-bond acceptors (Lipinski definition) is 1. The molecular formula is C51H30O. The van der Waals surface area contributed by atoms with E-state index in [-0.39, 0.29) is 0 Å². The van der Waals surface area contributed by atoms with E-state index in [1.807, 2.05) is 0 Å². The van der Waals surface area contributed by atoms with E-state index in [0.29, 0.717) is 0 Å². The van der Waals surface area contributed by atoms with Crippen LogP contribution in [-0.2, 0) is 5.41 Å². The minimum atomic E-state index is -0.430. The molecule has 52 heavy (non-hydrogen) atoms. The minimum absolute atomic E-state index is 0.430. The standard InChI is InChI=1S/C51H30O/c1-2-10-31(11-3-1)35-19-23-41-43-25-21-37-26-34(36-20-24-42-44-27-32-12-4-5-13-33(32)29-49(44)52-48(42)30-36)18-22-38(37)50(43)51(47(41)28-35)45-16-8-6-14-39(45)40-15-7-9-17-46(40)51/h1-30H. The van der Waals surface area contributed by atoms with Crippen LogP contribution in [0.4, 0.5) is 0 Å². The predicted molar refractivity (Wildman–Crippen MR) is 216 cm³/mol. The van der Waals surface area contributed by atoms with E-state index in [0.717, 1.165) is 27.5 Å². The first-order valence-electron chi connectivity index (χ1n) is 18.1. The molecule has 12 rings (SSSR count). The van der Waals surface area contributed by atoms with Crippen molar-refractivity contribution < 1.29 is 4.42 Å². The average molecular weight is 659 g/mol. The van der Waals surface area contributed by atoms with Crippen LogP contribution >= 0.6 is 0 Å². The highest BCUT2D eigenvalue weighted by Gasteiger charge is 2.52. The zero-order valence-corrected chi connectivity index (χ0v) is 28.2. The largest absolute Gasteiger partial charge is 0.456 e. The molecule has 0 saturated carbocycles. The molecule has 2 aliphatic rings. The van der Waals surface area contributed by atoms with Crippen LogP contribution in [0.3, 0.4) is 0 Å². The molecule has 0 amide bonds. The summed E-state index contributed by atoms with van der Waals surface area (Å²) in [5.74, 6) is 0. The maximum atomic E-state index is 6.48. The summed E-state index contributed by atoms with van der Waals surface area (Å²) < 4.78 is 6.48. The third-order valence-electron chi connectivity index (χ3n) is 11.8. The fraction of sp³-hybridized carbons (Fsp3) is 0.0196. The molecule has 1 nitrogen and oxygen atoms in total. The third-order valence-corrected chi connectivity index (χ3v) is 11.8. The lowest BCUT2D eigenvalue weighted by atomic mass is 9.69. The van der Waals surface area contributed by atoms with Crippen LogP contribution in [0.15, 0.2) is 186 Å². The van der Waals surface area contributed by atoms with Crippen LogP contribution in [-0.4, -0.2) is 0 Å². The summed E-state index contributed by atoms with van der Waals surface area (Å²) in [5, 5.41) is 7.27. The number of furan rings is 1. The summed E-state index contributed by atoms with van der Waals surface area (Å²) in [6.07, 6.45) is 0. The van der Waals surface area contributed by atoms with Gasteiger partial charge in [0.1, 0.15) is 11.2 Å². The Morgan fingerprint density at radius 3 is 1.67 bits per heavy atom. The van der Waals surface area contributed by atoms with Gasteiger partial charge < -0.3 is 4.42 Å². The first-order valence-corrected chi connectivity index (χ1v) is 18.1. The number of benzene rings is 9. The molecule has 0 aliphatic heterocycles. The highest BCUT2D eigenvalue weighted by atomic mass is 16.3. The molecule has 1 aromatic heterocycles. The Hall–Kier alpha value is -6.70. The van der Waals surface area contributed by atoms with Crippen molar-refractivity contribution in [2.45, 2.75) is 5.41 Å². The van der Waals surface area contributed by atoms with E-state index in [2.05, 4.69) is 182 Å². The summed E-state index contributed by atoms with van der Waals surface area (Å²) in [7, 11) is 0. The normalized spacial score (nSPS) is 13.5. The van der Waals surface area contributed by atoms with Gasteiger partial charge >= 0.3 is 0 Å². The van der Waals surface area contributed by atoms with E-state index < -0.39 is 5.41 Å². The number of rotatable bonds is 2. The van der Waals surface area contributed by atoms with Gasteiger partial charge in [0, 0.05) is 10.8 Å². The van der Waals surface area contributed by atoms with Crippen molar-refractivity contribution in [3.8, 4) is 44.5 Å². The number of fused-ring (bicyclic) bond motifs is 16. The molecular weight excluding hydrogens is 629 g/mol. The van der Waals surface area contributed by atoms with Crippen molar-refractivity contribution in [3.05, 3.63) is 204 Å². The molecule has 240 valence electrons. The lowest BCUT2D eigenvalue weighted by molar-refractivity contribution is 0.669. The van der Waals surface area contributed by atoms with Gasteiger partial charge in [0.15, 0.2) is 0 Å². The molecule has 0 radical (unpaired) electrons. The highest BCUT2D eigenvalue weighted by molar-refractivity contribution is 6.11. The predicted octanol–water partition coefficient (Wildman–Crippen LogP) is 13.6. The molecule has 1 heteroatoms. The first kappa shape index (κ1) is 28.0. The van der Waals surface area contributed by atoms with Crippen LogP contribution in [0.25, 0.3) is 88.0 Å². The fourth-order valence-electron chi connectivity index (χ4n) is 9.61. The Morgan fingerprint density at radius 1 is 0.308 bits per heavy atom. The molecule has 2 aliphatic carbocycles. The Labute approximate surface area is 301 Å². The van der Waals surface area contributed by atoms with Crippen LogP contribution in [0, 0.1) is 0 Å². The van der Waals surface area contributed by atoms with Crippen molar-refractivity contribution in [1.82, 2.24) is 0 Å². The summed E-state index contributed by atoms with van der Waals surface area (Å²) >= 11 is 0. The fourth-order valence-corrected chi connectivity index (χ4v) is 9.61. The van der Waals surface area contributed by atoms with E-state index in [9.17, 15) is 0 Å². The Morgan fingerprint density at radius 2 is 0.885 bits per heavy atom. The molecule has 0 N–H and O–H groups in total. The molecule has 1 spiro atoms. The van der Waals surface area contributed by atoms with E-state index >= 15 is 0 Å². The average Bonchev–Trinajstić information content (AvgIpc) is 3.83. The summed E-state index contributed by atoms with van der Waals surface area (Å²) in [4.78, 5) is 0. The van der Waals surface area contributed by atoms with E-state index in [4.69, 9.17) is 4.42 Å². The van der Waals surface area contributed by atoms with Gasteiger partial charge in [0.2, 0.25) is 0 Å². The lowest BCUT2D eigenvalue weighted by Crippen LogP contribution is -2.26. The lowest BCUT2D eigenvalue weighted by Gasteiger charge is -2.31. The smallest absolute Gasteiger partial charge is 0.136 e. The van der Waals surface area contributed by atoms with Crippen molar-refractivity contribution in [2.24, 2.45) is 0 Å². The van der Waals surface area contributed by atoms with Crippen LogP contribution in [0.2, 0.25) is 0 Å². The molecule has 0 fully saturated rings. The van der Waals surface area contributed by atoms with Crippen LogP contribution < -0.4 is 0 Å².